The first-order chi connectivity index (χ1) is 7.58. The van der Waals surface area contributed by atoms with E-state index in [1.807, 2.05) is 0 Å². The van der Waals surface area contributed by atoms with Crippen LogP contribution in [0.5, 0.6) is 5.75 Å². The van der Waals surface area contributed by atoms with Gasteiger partial charge < -0.3 is 10.1 Å². The van der Waals surface area contributed by atoms with Gasteiger partial charge in [0.15, 0.2) is 0 Å². The van der Waals surface area contributed by atoms with Crippen LogP contribution in [-0.2, 0) is 0 Å². The van der Waals surface area contributed by atoms with E-state index in [0.29, 0.717) is 19.2 Å². The second kappa shape index (κ2) is 4.01. The number of ether oxygens (including phenoxy) is 1. The summed E-state index contributed by atoms with van der Waals surface area (Å²) in [7, 11) is 0. The monoisotopic (exact) mass is 230 g/mol. The quantitative estimate of drug-likeness (QED) is 0.626. The van der Waals surface area contributed by atoms with Crippen LogP contribution >= 0.6 is 0 Å². The summed E-state index contributed by atoms with van der Waals surface area (Å²) >= 11 is 0. The average Bonchev–Trinajstić information content (AvgIpc) is 2.09. The predicted octanol–water partition coefficient (Wildman–Crippen LogP) is 1.22. The first kappa shape index (κ1) is 10.7. The van der Waals surface area contributed by atoms with E-state index in [-0.39, 0.29) is 11.9 Å². The summed E-state index contributed by atoms with van der Waals surface area (Å²) in [5, 5.41) is 13.5. The average molecular weight is 230 g/mol. The molecule has 0 aromatic heterocycles. The van der Waals surface area contributed by atoms with Crippen LogP contribution in [0.25, 0.3) is 0 Å². The highest BCUT2D eigenvalue weighted by Gasteiger charge is 2.27. The normalized spacial score (nSPS) is 15.6. The highest BCUT2D eigenvalue weighted by molar-refractivity contribution is 5.47. The molecule has 0 bridgehead atoms. The second-order valence-corrected chi connectivity index (χ2v) is 3.39. The fraction of sp³-hybridized carbons (Fsp3) is 0.333. The molecule has 16 heavy (non-hydrogen) atoms. The fourth-order valence-corrected chi connectivity index (χ4v) is 1.33. The van der Waals surface area contributed by atoms with Crippen molar-refractivity contribution >= 4 is 5.69 Å². The number of hydrogen-bond acceptors (Lipinski definition) is 4. The molecule has 0 amide bonds. The van der Waals surface area contributed by atoms with Crippen molar-refractivity contribution in [2.45, 2.75) is 6.10 Å². The Morgan fingerprint density at radius 1 is 1.44 bits per heavy atom. The van der Waals surface area contributed by atoms with Crippen LogP contribution in [0.15, 0.2) is 12.1 Å². The number of nitro groups is 1. The predicted molar refractivity (Wildman–Crippen MR) is 50.3 cm³/mol. The first-order valence-electron chi connectivity index (χ1n) is 4.58. The van der Waals surface area contributed by atoms with Crippen LogP contribution in [-0.4, -0.2) is 24.1 Å². The molecule has 1 N–H and O–H groups in total. The zero-order valence-corrected chi connectivity index (χ0v) is 8.07. The van der Waals surface area contributed by atoms with Gasteiger partial charge in [-0.05, 0) is 0 Å². The Hall–Kier alpha value is -1.76. The van der Waals surface area contributed by atoms with E-state index in [9.17, 15) is 18.9 Å². The molecule has 1 heterocycles. The maximum Gasteiger partial charge on any atom is 0.346 e. The molecule has 0 radical (unpaired) electrons. The second-order valence-electron chi connectivity index (χ2n) is 3.39. The zero-order valence-electron chi connectivity index (χ0n) is 8.07. The molecule has 5 nitrogen and oxygen atoms in total. The van der Waals surface area contributed by atoms with Crippen molar-refractivity contribution in [3.8, 4) is 5.75 Å². The molecule has 1 aromatic carbocycles. The Labute approximate surface area is 89.2 Å². The Kier molecular flexibility index (Phi) is 2.69. The molecule has 86 valence electrons. The summed E-state index contributed by atoms with van der Waals surface area (Å²) in [5.74, 6) is -2.49. The van der Waals surface area contributed by atoms with Gasteiger partial charge >= 0.3 is 5.69 Å². The minimum absolute atomic E-state index is 0.278. The van der Waals surface area contributed by atoms with E-state index >= 15 is 0 Å². The van der Waals surface area contributed by atoms with E-state index in [0.717, 1.165) is 6.07 Å². The smallest absolute Gasteiger partial charge is 0.346 e. The van der Waals surface area contributed by atoms with Crippen molar-refractivity contribution in [2.75, 3.05) is 13.1 Å². The number of nitro benzene ring substituents is 1. The molecule has 1 aliphatic rings. The number of rotatable bonds is 3. The summed E-state index contributed by atoms with van der Waals surface area (Å²) in [5.41, 5.74) is -0.826. The van der Waals surface area contributed by atoms with Crippen molar-refractivity contribution in [1.82, 2.24) is 5.32 Å². The van der Waals surface area contributed by atoms with Crippen molar-refractivity contribution in [1.29, 1.82) is 0 Å². The van der Waals surface area contributed by atoms with Crippen molar-refractivity contribution in [2.24, 2.45) is 0 Å². The van der Waals surface area contributed by atoms with Gasteiger partial charge in [0.25, 0.3) is 0 Å². The van der Waals surface area contributed by atoms with Crippen molar-refractivity contribution < 1.29 is 18.4 Å². The van der Waals surface area contributed by atoms with Crippen LogP contribution < -0.4 is 10.1 Å². The molecule has 2 rings (SSSR count). The van der Waals surface area contributed by atoms with Gasteiger partial charge in [0.05, 0.1) is 4.92 Å². The minimum Gasteiger partial charge on any atom is -0.481 e. The minimum atomic E-state index is -1.23. The summed E-state index contributed by atoms with van der Waals surface area (Å²) in [6.07, 6.45) is -0.278. The van der Waals surface area contributed by atoms with Crippen molar-refractivity contribution in [3.05, 3.63) is 33.9 Å². The van der Waals surface area contributed by atoms with Gasteiger partial charge in [-0.1, -0.05) is 0 Å². The van der Waals surface area contributed by atoms with Gasteiger partial charge in [-0.2, -0.15) is 4.39 Å². The number of hydrogen-bond donors (Lipinski definition) is 1. The highest BCUT2D eigenvalue weighted by atomic mass is 19.1. The molecule has 1 saturated heterocycles. The van der Waals surface area contributed by atoms with Crippen LogP contribution in [0.1, 0.15) is 0 Å². The molecule has 0 aliphatic carbocycles. The van der Waals surface area contributed by atoms with Gasteiger partial charge in [0.1, 0.15) is 11.9 Å². The van der Waals surface area contributed by atoms with E-state index < -0.39 is 22.2 Å². The molecular formula is C9H8F2N2O3. The van der Waals surface area contributed by atoms with E-state index in [1.165, 1.54) is 0 Å². The molecule has 1 fully saturated rings. The lowest BCUT2D eigenvalue weighted by Gasteiger charge is -2.27. The SMILES string of the molecule is O=[N+]([O-])c1c(F)cc(F)cc1OC1CNC1. The Balaban J connectivity index is 2.35. The zero-order chi connectivity index (χ0) is 11.7. The lowest BCUT2D eigenvalue weighted by atomic mass is 10.2. The Morgan fingerprint density at radius 3 is 2.62 bits per heavy atom. The Bertz CT molecular complexity index is 435. The standard InChI is InChI=1S/C9H8F2N2O3/c10-5-1-7(11)9(13(14)15)8(2-5)16-6-3-12-4-6/h1-2,6,12H,3-4H2. The largest absolute Gasteiger partial charge is 0.481 e. The van der Waals surface area contributed by atoms with Crippen LogP contribution in [0.3, 0.4) is 0 Å². The molecule has 7 heteroatoms. The number of halogens is 2. The van der Waals surface area contributed by atoms with Gasteiger partial charge in [0.2, 0.25) is 11.6 Å². The van der Waals surface area contributed by atoms with Gasteiger partial charge in [-0.15, -0.1) is 0 Å². The molecular weight excluding hydrogens is 222 g/mol. The Morgan fingerprint density at radius 2 is 2.12 bits per heavy atom. The van der Waals surface area contributed by atoms with E-state index in [4.69, 9.17) is 4.74 Å². The summed E-state index contributed by atoms with van der Waals surface area (Å²) in [6, 6.07) is 1.28. The lowest BCUT2D eigenvalue weighted by molar-refractivity contribution is -0.388. The van der Waals surface area contributed by atoms with Gasteiger partial charge in [0, 0.05) is 25.2 Å². The third-order valence-electron chi connectivity index (χ3n) is 2.21. The van der Waals surface area contributed by atoms with E-state index in [1.54, 1.807) is 0 Å². The molecule has 0 saturated carbocycles. The van der Waals surface area contributed by atoms with Crippen LogP contribution in [0.4, 0.5) is 14.5 Å². The third-order valence-corrected chi connectivity index (χ3v) is 2.21. The van der Waals surface area contributed by atoms with Crippen molar-refractivity contribution in [3.63, 3.8) is 0 Å². The van der Waals surface area contributed by atoms with Crippen LogP contribution in [0.2, 0.25) is 0 Å². The topological polar surface area (TPSA) is 64.4 Å². The first-order valence-corrected chi connectivity index (χ1v) is 4.58. The summed E-state index contributed by atoms with van der Waals surface area (Å²) in [6.45, 7) is 1.02. The van der Waals surface area contributed by atoms with Gasteiger partial charge in [-0.25, -0.2) is 4.39 Å². The fourth-order valence-electron chi connectivity index (χ4n) is 1.33. The maximum absolute atomic E-state index is 13.2. The summed E-state index contributed by atoms with van der Waals surface area (Å²) < 4.78 is 31.2. The third kappa shape index (κ3) is 1.94. The maximum atomic E-state index is 13.2. The lowest BCUT2D eigenvalue weighted by Crippen LogP contribution is -2.50. The number of nitrogens with one attached hydrogen (secondary N) is 1. The molecule has 1 aliphatic heterocycles. The van der Waals surface area contributed by atoms with Crippen LogP contribution in [0, 0.1) is 21.7 Å². The van der Waals surface area contributed by atoms with E-state index in [2.05, 4.69) is 5.32 Å². The molecule has 1 aromatic rings. The molecule has 0 spiro atoms. The number of benzene rings is 1. The highest BCUT2D eigenvalue weighted by Crippen LogP contribution is 2.32. The number of nitrogens with zero attached hydrogens (tertiary/aromatic N) is 1. The summed E-state index contributed by atoms with van der Waals surface area (Å²) in [4.78, 5) is 9.67. The van der Waals surface area contributed by atoms with Gasteiger partial charge in [-0.3, -0.25) is 10.1 Å². The molecule has 0 unspecified atom stereocenters. The molecule has 0 atom stereocenters.